The summed E-state index contributed by atoms with van der Waals surface area (Å²) >= 11 is 0. The Bertz CT molecular complexity index is 516. The number of fused-ring (bicyclic) bond motifs is 1. The van der Waals surface area contributed by atoms with Gasteiger partial charge in [-0.3, -0.25) is 0 Å². The Morgan fingerprint density at radius 1 is 1.17 bits per heavy atom. The number of benzene rings is 1. The van der Waals surface area contributed by atoms with Gasteiger partial charge in [-0.1, -0.05) is 39.3 Å². The van der Waals surface area contributed by atoms with Crippen molar-refractivity contribution in [1.82, 2.24) is 0 Å². The molecule has 1 saturated carbocycles. The predicted molar refractivity (Wildman–Crippen MR) is 70.5 cm³/mol. The predicted octanol–water partition coefficient (Wildman–Crippen LogP) is 3.82. The SMILES string of the molecule is CC1(C)CCCC1(C)c1ccc2c(c1)COC2=O. The summed E-state index contributed by atoms with van der Waals surface area (Å²) in [6.07, 6.45) is 3.79. The zero-order valence-corrected chi connectivity index (χ0v) is 11.4. The highest BCUT2D eigenvalue weighted by molar-refractivity contribution is 5.93. The number of cyclic esters (lactones) is 1. The topological polar surface area (TPSA) is 26.3 Å². The normalized spacial score (nSPS) is 29.2. The third-order valence-electron chi connectivity index (χ3n) is 5.29. The van der Waals surface area contributed by atoms with E-state index in [1.54, 1.807) is 0 Å². The Morgan fingerprint density at radius 2 is 1.94 bits per heavy atom. The van der Waals surface area contributed by atoms with Crippen molar-refractivity contribution < 1.29 is 9.53 Å². The van der Waals surface area contributed by atoms with Crippen LogP contribution in [0.5, 0.6) is 0 Å². The van der Waals surface area contributed by atoms with Gasteiger partial charge in [0.2, 0.25) is 0 Å². The van der Waals surface area contributed by atoms with Gasteiger partial charge in [0.25, 0.3) is 0 Å². The van der Waals surface area contributed by atoms with Gasteiger partial charge in [0, 0.05) is 5.56 Å². The van der Waals surface area contributed by atoms with Crippen LogP contribution in [0.1, 0.15) is 61.5 Å². The van der Waals surface area contributed by atoms with Gasteiger partial charge in [-0.05, 0) is 35.3 Å². The summed E-state index contributed by atoms with van der Waals surface area (Å²) in [7, 11) is 0. The van der Waals surface area contributed by atoms with Crippen LogP contribution in [0.3, 0.4) is 0 Å². The minimum atomic E-state index is -0.174. The third-order valence-corrected chi connectivity index (χ3v) is 5.29. The Kier molecular flexibility index (Phi) is 2.35. The molecule has 3 rings (SSSR count). The number of hydrogen-bond acceptors (Lipinski definition) is 2. The number of rotatable bonds is 1. The van der Waals surface area contributed by atoms with E-state index in [2.05, 4.69) is 32.9 Å². The molecule has 1 aliphatic heterocycles. The first-order valence-corrected chi connectivity index (χ1v) is 6.75. The van der Waals surface area contributed by atoms with E-state index in [4.69, 9.17) is 4.74 Å². The summed E-state index contributed by atoms with van der Waals surface area (Å²) < 4.78 is 5.09. The van der Waals surface area contributed by atoms with Crippen molar-refractivity contribution >= 4 is 5.97 Å². The van der Waals surface area contributed by atoms with E-state index < -0.39 is 0 Å². The molecular formula is C16H20O2. The van der Waals surface area contributed by atoms with Crippen molar-refractivity contribution in [2.45, 2.75) is 52.1 Å². The summed E-state index contributed by atoms with van der Waals surface area (Å²) in [5.74, 6) is -0.174. The molecule has 0 radical (unpaired) electrons. The molecule has 2 nitrogen and oxygen atoms in total. The molecule has 2 aliphatic rings. The van der Waals surface area contributed by atoms with Gasteiger partial charge in [0.05, 0.1) is 5.56 Å². The van der Waals surface area contributed by atoms with Crippen LogP contribution in [-0.2, 0) is 16.8 Å². The second-order valence-corrected chi connectivity index (χ2v) is 6.52. The molecule has 1 aliphatic carbocycles. The minimum absolute atomic E-state index is 0.174. The van der Waals surface area contributed by atoms with Gasteiger partial charge in [-0.2, -0.15) is 0 Å². The fourth-order valence-corrected chi connectivity index (χ4v) is 3.51. The van der Waals surface area contributed by atoms with Crippen LogP contribution in [0.2, 0.25) is 0 Å². The van der Waals surface area contributed by atoms with Crippen molar-refractivity contribution in [2.24, 2.45) is 5.41 Å². The number of hydrogen-bond donors (Lipinski definition) is 0. The second kappa shape index (κ2) is 3.59. The van der Waals surface area contributed by atoms with Gasteiger partial charge in [-0.15, -0.1) is 0 Å². The summed E-state index contributed by atoms with van der Waals surface area (Å²) in [4.78, 5) is 11.5. The standard InChI is InChI=1S/C16H20O2/c1-15(2)7-4-8-16(15,3)12-5-6-13-11(9-12)10-18-14(13)17/h5-6,9H,4,7-8,10H2,1-3H3. The molecule has 1 unspecified atom stereocenters. The van der Waals surface area contributed by atoms with Crippen LogP contribution < -0.4 is 0 Å². The van der Waals surface area contributed by atoms with Gasteiger partial charge in [-0.25, -0.2) is 4.79 Å². The highest BCUT2D eigenvalue weighted by Gasteiger charge is 2.46. The van der Waals surface area contributed by atoms with Gasteiger partial charge >= 0.3 is 5.97 Å². The maximum absolute atomic E-state index is 11.5. The Balaban J connectivity index is 2.06. The van der Waals surface area contributed by atoms with E-state index in [1.807, 2.05) is 6.07 Å². The molecule has 96 valence electrons. The molecule has 1 fully saturated rings. The molecule has 1 aromatic carbocycles. The lowest BCUT2D eigenvalue weighted by Gasteiger charge is -2.39. The number of carbonyl (C=O) groups excluding carboxylic acids is 1. The fourth-order valence-electron chi connectivity index (χ4n) is 3.51. The first kappa shape index (κ1) is 11.8. The first-order chi connectivity index (χ1) is 8.44. The van der Waals surface area contributed by atoms with E-state index in [1.165, 1.54) is 24.8 Å². The van der Waals surface area contributed by atoms with Gasteiger partial charge < -0.3 is 4.74 Å². The van der Waals surface area contributed by atoms with Crippen molar-refractivity contribution in [3.63, 3.8) is 0 Å². The van der Waals surface area contributed by atoms with Crippen molar-refractivity contribution in [3.8, 4) is 0 Å². The zero-order chi connectivity index (χ0) is 13.0. The third kappa shape index (κ3) is 1.44. The summed E-state index contributed by atoms with van der Waals surface area (Å²) in [6, 6.07) is 6.26. The van der Waals surface area contributed by atoms with Crippen molar-refractivity contribution in [2.75, 3.05) is 0 Å². The molecule has 1 aromatic rings. The minimum Gasteiger partial charge on any atom is -0.457 e. The van der Waals surface area contributed by atoms with E-state index in [0.717, 1.165) is 11.1 Å². The van der Waals surface area contributed by atoms with E-state index >= 15 is 0 Å². The molecular weight excluding hydrogens is 224 g/mol. The lowest BCUT2D eigenvalue weighted by Crippen LogP contribution is -2.34. The van der Waals surface area contributed by atoms with Crippen LogP contribution in [0.25, 0.3) is 0 Å². The molecule has 1 atom stereocenters. The first-order valence-electron chi connectivity index (χ1n) is 6.75. The largest absolute Gasteiger partial charge is 0.457 e. The lowest BCUT2D eigenvalue weighted by atomic mass is 9.65. The second-order valence-electron chi connectivity index (χ2n) is 6.52. The van der Waals surface area contributed by atoms with E-state index in [0.29, 0.717) is 12.0 Å². The highest BCUT2D eigenvalue weighted by atomic mass is 16.5. The van der Waals surface area contributed by atoms with Gasteiger partial charge in [0.1, 0.15) is 6.61 Å². The van der Waals surface area contributed by atoms with Gasteiger partial charge in [0.15, 0.2) is 0 Å². The quantitative estimate of drug-likeness (QED) is 0.702. The summed E-state index contributed by atoms with van der Waals surface area (Å²) in [5.41, 5.74) is 3.71. The smallest absolute Gasteiger partial charge is 0.338 e. The fraction of sp³-hybridized carbons (Fsp3) is 0.562. The molecule has 0 spiro atoms. The Morgan fingerprint density at radius 3 is 2.61 bits per heavy atom. The summed E-state index contributed by atoms with van der Waals surface area (Å²) in [6.45, 7) is 7.52. The average molecular weight is 244 g/mol. The zero-order valence-electron chi connectivity index (χ0n) is 11.4. The molecule has 18 heavy (non-hydrogen) atoms. The van der Waals surface area contributed by atoms with E-state index in [-0.39, 0.29) is 11.4 Å². The number of esters is 1. The van der Waals surface area contributed by atoms with Crippen LogP contribution in [-0.4, -0.2) is 5.97 Å². The van der Waals surface area contributed by atoms with Crippen molar-refractivity contribution in [1.29, 1.82) is 0 Å². The Hall–Kier alpha value is -1.31. The number of ether oxygens (including phenoxy) is 1. The summed E-state index contributed by atoms with van der Waals surface area (Å²) in [5, 5.41) is 0. The van der Waals surface area contributed by atoms with Crippen LogP contribution in [0.15, 0.2) is 18.2 Å². The molecule has 0 amide bonds. The number of carbonyl (C=O) groups is 1. The molecule has 0 saturated heterocycles. The Labute approximate surface area is 108 Å². The molecule has 2 heteroatoms. The molecule has 1 heterocycles. The maximum atomic E-state index is 11.5. The molecule has 0 bridgehead atoms. The maximum Gasteiger partial charge on any atom is 0.338 e. The average Bonchev–Trinajstić information content (AvgIpc) is 2.82. The van der Waals surface area contributed by atoms with E-state index in [9.17, 15) is 4.79 Å². The highest BCUT2D eigenvalue weighted by Crippen LogP contribution is 2.54. The molecule has 0 N–H and O–H groups in total. The van der Waals surface area contributed by atoms with Crippen molar-refractivity contribution in [3.05, 3.63) is 34.9 Å². The monoisotopic (exact) mass is 244 g/mol. The molecule has 0 aromatic heterocycles. The lowest BCUT2D eigenvalue weighted by molar-refractivity contribution is 0.0535. The van der Waals surface area contributed by atoms with Crippen LogP contribution in [0.4, 0.5) is 0 Å². The van der Waals surface area contributed by atoms with Crippen LogP contribution >= 0.6 is 0 Å². The van der Waals surface area contributed by atoms with Crippen LogP contribution in [0, 0.1) is 5.41 Å².